The molecular formula is C21H28N2O2. The van der Waals surface area contributed by atoms with E-state index in [0.717, 1.165) is 31.5 Å². The van der Waals surface area contributed by atoms with Crippen molar-refractivity contribution in [3.05, 3.63) is 59.0 Å². The van der Waals surface area contributed by atoms with Crippen LogP contribution in [-0.2, 0) is 13.1 Å². The molecule has 1 saturated heterocycles. The average molecular weight is 340 g/mol. The van der Waals surface area contributed by atoms with Crippen LogP contribution in [0, 0.1) is 18.8 Å². The molecule has 1 aliphatic rings. The van der Waals surface area contributed by atoms with E-state index in [9.17, 15) is 4.79 Å². The fraction of sp³-hybridized carbons (Fsp3) is 0.476. The van der Waals surface area contributed by atoms with Gasteiger partial charge in [-0.15, -0.1) is 0 Å². The number of benzene rings is 1. The van der Waals surface area contributed by atoms with Crippen molar-refractivity contribution in [3.8, 4) is 0 Å². The number of hydrogen-bond donors (Lipinski definition) is 1. The fourth-order valence-corrected chi connectivity index (χ4v) is 3.94. The van der Waals surface area contributed by atoms with Crippen LogP contribution >= 0.6 is 0 Å². The molecule has 4 heteroatoms. The first-order valence-corrected chi connectivity index (χ1v) is 9.14. The Labute approximate surface area is 150 Å². The van der Waals surface area contributed by atoms with Crippen LogP contribution in [0.1, 0.15) is 47.5 Å². The first kappa shape index (κ1) is 17.7. The molecule has 0 spiro atoms. The molecule has 3 rings (SSSR count). The van der Waals surface area contributed by atoms with Crippen LogP contribution in [0.25, 0.3) is 0 Å². The van der Waals surface area contributed by atoms with Crippen molar-refractivity contribution in [1.29, 1.82) is 0 Å². The topological polar surface area (TPSA) is 45.5 Å². The van der Waals surface area contributed by atoms with Crippen molar-refractivity contribution >= 4 is 5.91 Å². The minimum absolute atomic E-state index is 0.0822. The molecule has 0 bridgehead atoms. The lowest BCUT2D eigenvalue weighted by Gasteiger charge is -2.35. The Morgan fingerprint density at radius 1 is 1.16 bits per heavy atom. The van der Waals surface area contributed by atoms with Gasteiger partial charge >= 0.3 is 0 Å². The van der Waals surface area contributed by atoms with Gasteiger partial charge in [0.1, 0.15) is 5.76 Å². The zero-order valence-electron chi connectivity index (χ0n) is 15.4. The van der Waals surface area contributed by atoms with E-state index in [-0.39, 0.29) is 5.91 Å². The second kappa shape index (κ2) is 7.87. The summed E-state index contributed by atoms with van der Waals surface area (Å²) in [6.07, 6.45) is 2.87. The highest BCUT2D eigenvalue weighted by Crippen LogP contribution is 2.23. The summed E-state index contributed by atoms with van der Waals surface area (Å²) < 4.78 is 5.21. The number of piperidine rings is 1. The van der Waals surface area contributed by atoms with Crippen LogP contribution in [-0.4, -0.2) is 23.9 Å². The fourth-order valence-electron chi connectivity index (χ4n) is 3.94. The Bertz CT molecular complexity index is 712. The van der Waals surface area contributed by atoms with E-state index in [1.54, 1.807) is 12.3 Å². The van der Waals surface area contributed by atoms with Crippen molar-refractivity contribution in [3.63, 3.8) is 0 Å². The van der Waals surface area contributed by atoms with Gasteiger partial charge in [-0.2, -0.15) is 0 Å². The van der Waals surface area contributed by atoms with Crippen molar-refractivity contribution in [2.45, 2.75) is 40.3 Å². The van der Waals surface area contributed by atoms with Crippen molar-refractivity contribution in [1.82, 2.24) is 10.2 Å². The second-order valence-electron chi connectivity index (χ2n) is 7.48. The third-order valence-corrected chi connectivity index (χ3v) is 5.00. The van der Waals surface area contributed by atoms with Crippen molar-refractivity contribution < 1.29 is 9.21 Å². The van der Waals surface area contributed by atoms with Crippen LogP contribution in [0.15, 0.2) is 41.0 Å². The maximum Gasteiger partial charge on any atom is 0.255 e. The SMILES string of the molecule is Cc1occc1C(=O)NCc1ccccc1CN1C[C@H](C)C[C@H](C)C1. The Kier molecular flexibility index (Phi) is 5.59. The normalized spacial score (nSPS) is 21.2. The Balaban J connectivity index is 1.65. The summed E-state index contributed by atoms with van der Waals surface area (Å²) in [5, 5.41) is 3.02. The third-order valence-electron chi connectivity index (χ3n) is 5.00. The molecule has 2 heterocycles. The van der Waals surface area contributed by atoms with Gasteiger partial charge in [0.15, 0.2) is 0 Å². The predicted molar refractivity (Wildman–Crippen MR) is 99.3 cm³/mol. The number of furan rings is 1. The molecule has 4 nitrogen and oxygen atoms in total. The Morgan fingerprint density at radius 2 is 1.84 bits per heavy atom. The lowest BCUT2D eigenvalue weighted by molar-refractivity contribution is 0.0949. The Hall–Kier alpha value is -2.07. The number of aryl methyl sites for hydroxylation is 1. The summed E-state index contributed by atoms with van der Waals surface area (Å²) in [6, 6.07) is 10.1. The molecule has 2 atom stereocenters. The highest BCUT2D eigenvalue weighted by atomic mass is 16.3. The molecule has 1 amide bonds. The summed E-state index contributed by atoms with van der Waals surface area (Å²) in [7, 11) is 0. The number of carbonyl (C=O) groups is 1. The molecule has 1 aromatic carbocycles. The maximum absolute atomic E-state index is 12.3. The molecule has 134 valence electrons. The number of hydrogen-bond acceptors (Lipinski definition) is 3. The van der Waals surface area contributed by atoms with Crippen LogP contribution in [0.3, 0.4) is 0 Å². The van der Waals surface area contributed by atoms with E-state index in [4.69, 9.17) is 4.42 Å². The number of likely N-dealkylation sites (tertiary alicyclic amines) is 1. The van der Waals surface area contributed by atoms with Gasteiger partial charge in [-0.05, 0) is 42.4 Å². The standard InChI is InChI=1S/C21H28N2O2/c1-15-10-16(2)13-23(12-15)14-19-7-5-4-6-18(19)11-22-21(24)20-8-9-25-17(20)3/h4-9,15-16H,10-14H2,1-3H3,(H,22,24)/t15-,16+. The van der Waals surface area contributed by atoms with Crippen LogP contribution in [0.2, 0.25) is 0 Å². The van der Waals surface area contributed by atoms with Gasteiger partial charge in [0, 0.05) is 26.2 Å². The van der Waals surface area contributed by atoms with Gasteiger partial charge in [0.25, 0.3) is 5.91 Å². The summed E-state index contributed by atoms with van der Waals surface area (Å²) in [4.78, 5) is 14.8. The van der Waals surface area contributed by atoms with Gasteiger partial charge in [0.05, 0.1) is 11.8 Å². The molecule has 1 aromatic heterocycles. The quantitative estimate of drug-likeness (QED) is 0.895. The molecule has 0 saturated carbocycles. The largest absolute Gasteiger partial charge is 0.469 e. The van der Waals surface area contributed by atoms with Gasteiger partial charge in [-0.3, -0.25) is 9.69 Å². The second-order valence-corrected chi connectivity index (χ2v) is 7.48. The molecule has 1 aliphatic heterocycles. The molecule has 1 N–H and O–H groups in total. The first-order valence-electron chi connectivity index (χ1n) is 9.14. The Morgan fingerprint density at radius 3 is 2.48 bits per heavy atom. The van der Waals surface area contributed by atoms with E-state index in [1.807, 2.05) is 13.0 Å². The molecule has 1 fully saturated rings. The number of amides is 1. The van der Waals surface area contributed by atoms with Gasteiger partial charge < -0.3 is 9.73 Å². The molecular weight excluding hydrogens is 312 g/mol. The molecule has 0 radical (unpaired) electrons. The average Bonchev–Trinajstić information content (AvgIpc) is 2.99. The van der Waals surface area contributed by atoms with E-state index in [0.29, 0.717) is 17.9 Å². The van der Waals surface area contributed by atoms with E-state index in [2.05, 4.69) is 42.3 Å². The van der Waals surface area contributed by atoms with Gasteiger partial charge in [0.2, 0.25) is 0 Å². The van der Waals surface area contributed by atoms with E-state index < -0.39 is 0 Å². The minimum atomic E-state index is -0.0822. The first-order chi connectivity index (χ1) is 12.0. The molecule has 0 aliphatic carbocycles. The minimum Gasteiger partial charge on any atom is -0.469 e. The molecule has 0 unspecified atom stereocenters. The number of nitrogens with one attached hydrogen (secondary N) is 1. The predicted octanol–water partition coefficient (Wildman–Crippen LogP) is 4.00. The number of carbonyl (C=O) groups excluding carboxylic acids is 1. The van der Waals surface area contributed by atoms with E-state index >= 15 is 0 Å². The summed E-state index contributed by atoms with van der Waals surface area (Å²) in [5.74, 6) is 2.07. The zero-order chi connectivity index (χ0) is 17.8. The highest BCUT2D eigenvalue weighted by Gasteiger charge is 2.22. The zero-order valence-corrected chi connectivity index (χ0v) is 15.4. The van der Waals surface area contributed by atoms with Gasteiger partial charge in [-0.25, -0.2) is 0 Å². The third kappa shape index (κ3) is 4.51. The van der Waals surface area contributed by atoms with E-state index in [1.165, 1.54) is 17.5 Å². The highest BCUT2D eigenvalue weighted by molar-refractivity contribution is 5.94. The molecule has 2 aromatic rings. The monoisotopic (exact) mass is 340 g/mol. The van der Waals surface area contributed by atoms with Crippen LogP contribution in [0.4, 0.5) is 0 Å². The lowest BCUT2D eigenvalue weighted by atomic mass is 9.91. The summed E-state index contributed by atoms with van der Waals surface area (Å²) >= 11 is 0. The lowest BCUT2D eigenvalue weighted by Crippen LogP contribution is -2.38. The summed E-state index contributed by atoms with van der Waals surface area (Å²) in [5.41, 5.74) is 3.09. The molecule has 25 heavy (non-hydrogen) atoms. The van der Waals surface area contributed by atoms with Crippen LogP contribution in [0.5, 0.6) is 0 Å². The maximum atomic E-state index is 12.3. The number of nitrogens with zero attached hydrogens (tertiary/aromatic N) is 1. The number of rotatable bonds is 5. The summed E-state index contributed by atoms with van der Waals surface area (Å²) in [6.45, 7) is 10.3. The van der Waals surface area contributed by atoms with Gasteiger partial charge in [-0.1, -0.05) is 38.1 Å². The van der Waals surface area contributed by atoms with Crippen LogP contribution < -0.4 is 5.32 Å². The van der Waals surface area contributed by atoms with Crippen molar-refractivity contribution in [2.75, 3.05) is 13.1 Å². The van der Waals surface area contributed by atoms with Crippen molar-refractivity contribution in [2.24, 2.45) is 11.8 Å². The smallest absolute Gasteiger partial charge is 0.255 e.